The zero-order valence-electron chi connectivity index (χ0n) is 14.1. The predicted molar refractivity (Wildman–Crippen MR) is 94.9 cm³/mol. The molecule has 0 aliphatic heterocycles. The highest BCUT2D eigenvalue weighted by Gasteiger charge is 2.35. The van der Waals surface area contributed by atoms with E-state index in [0.717, 1.165) is 12.5 Å². The molecule has 1 aromatic heterocycles. The lowest BCUT2D eigenvalue weighted by Gasteiger charge is -2.18. The summed E-state index contributed by atoms with van der Waals surface area (Å²) in [7, 11) is 0. The zero-order chi connectivity index (χ0) is 17.2. The molecule has 2 aliphatic rings. The van der Waals surface area contributed by atoms with Crippen molar-refractivity contribution in [2.75, 3.05) is 6.54 Å². The van der Waals surface area contributed by atoms with Crippen LogP contribution in [0.5, 0.6) is 0 Å². The maximum Gasteiger partial charge on any atom is 0.277 e. The van der Waals surface area contributed by atoms with Crippen molar-refractivity contribution >= 4 is 16.8 Å². The van der Waals surface area contributed by atoms with E-state index in [1.54, 1.807) is 12.1 Å². The number of benzene rings is 1. The first-order valence-corrected chi connectivity index (χ1v) is 8.98. The second-order valence-corrected chi connectivity index (χ2v) is 7.08. The van der Waals surface area contributed by atoms with Crippen molar-refractivity contribution in [2.45, 2.75) is 32.2 Å². The van der Waals surface area contributed by atoms with Crippen LogP contribution < -0.4 is 10.9 Å². The molecule has 2 aromatic rings. The van der Waals surface area contributed by atoms with E-state index in [9.17, 15) is 9.59 Å². The second-order valence-electron chi connectivity index (χ2n) is 7.08. The Labute approximate surface area is 145 Å². The molecule has 6 heteroatoms. The van der Waals surface area contributed by atoms with Gasteiger partial charge in [-0.15, -0.1) is 5.10 Å². The Hall–Kier alpha value is -2.50. The molecule has 6 nitrogen and oxygen atoms in total. The summed E-state index contributed by atoms with van der Waals surface area (Å²) >= 11 is 0. The van der Waals surface area contributed by atoms with Gasteiger partial charge >= 0.3 is 0 Å². The second kappa shape index (κ2) is 6.78. The number of carbonyl (C=O) groups excluding carboxylic acids is 1. The summed E-state index contributed by atoms with van der Waals surface area (Å²) in [5, 5.41) is 11.6. The van der Waals surface area contributed by atoms with Gasteiger partial charge in [0.25, 0.3) is 5.56 Å². The summed E-state index contributed by atoms with van der Waals surface area (Å²) < 4.78 is 1.34. The van der Waals surface area contributed by atoms with Crippen LogP contribution in [0.2, 0.25) is 0 Å². The van der Waals surface area contributed by atoms with E-state index in [2.05, 4.69) is 27.8 Å². The maximum atomic E-state index is 12.3. The van der Waals surface area contributed by atoms with Gasteiger partial charge in [0.2, 0.25) is 5.91 Å². The highest BCUT2D eigenvalue weighted by atomic mass is 16.1. The van der Waals surface area contributed by atoms with Crippen molar-refractivity contribution in [3.8, 4) is 0 Å². The standard InChI is InChI=1S/C19H22N4O2/c24-18(20-12-15-11-13-7-8-14(15)10-13)6-3-9-23-19(25)16-4-1-2-5-17(16)21-22-23/h1-2,4-5,7-8,13-15H,3,6,9-12H2,(H,20,24). The van der Waals surface area contributed by atoms with Crippen LogP contribution in [0.15, 0.2) is 41.2 Å². The van der Waals surface area contributed by atoms with Gasteiger partial charge in [-0.1, -0.05) is 29.5 Å². The molecule has 1 heterocycles. The average Bonchev–Trinajstić information content (AvgIpc) is 3.25. The van der Waals surface area contributed by atoms with Crippen LogP contribution >= 0.6 is 0 Å². The van der Waals surface area contributed by atoms with Crippen molar-refractivity contribution < 1.29 is 4.79 Å². The predicted octanol–water partition coefficient (Wildman–Crippen LogP) is 1.90. The zero-order valence-corrected chi connectivity index (χ0v) is 14.1. The van der Waals surface area contributed by atoms with Crippen LogP contribution in [0, 0.1) is 17.8 Å². The number of amides is 1. The summed E-state index contributed by atoms with van der Waals surface area (Å²) in [4.78, 5) is 24.4. The minimum atomic E-state index is -0.153. The van der Waals surface area contributed by atoms with Gasteiger partial charge in [0.05, 0.1) is 5.39 Å². The lowest BCUT2D eigenvalue weighted by atomic mass is 9.93. The number of aryl methyl sites for hydroxylation is 1. The molecule has 130 valence electrons. The number of fused-ring (bicyclic) bond motifs is 3. The monoisotopic (exact) mass is 338 g/mol. The first-order valence-electron chi connectivity index (χ1n) is 8.98. The average molecular weight is 338 g/mol. The summed E-state index contributed by atoms with van der Waals surface area (Å²) in [6.07, 6.45) is 8.04. The number of carbonyl (C=O) groups is 1. The molecule has 1 amide bonds. The van der Waals surface area contributed by atoms with Gasteiger partial charge in [-0.05, 0) is 49.1 Å². The first-order chi connectivity index (χ1) is 12.2. The third-order valence-electron chi connectivity index (χ3n) is 5.38. The van der Waals surface area contributed by atoms with E-state index in [-0.39, 0.29) is 11.5 Å². The molecular formula is C19H22N4O2. The van der Waals surface area contributed by atoms with Crippen LogP contribution in [0.3, 0.4) is 0 Å². The van der Waals surface area contributed by atoms with Crippen LogP contribution in [0.25, 0.3) is 10.9 Å². The SMILES string of the molecule is O=C(CCCn1nnc2ccccc2c1=O)NCC1CC2C=CC1C2. The summed E-state index contributed by atoms with van der Waals surface area (Å²) in [5.41, 5.74) is 0.446. The number of aromatic nitrogens is 3. The van der Waals surface area contributed by atoms with E-state index >= 15 is 0 Å². The maximum absolute atomic E-state index is 12.3. The number of rotatable bonds is 6. The van der Waals surface area contributed by atoms with Gasteiger partial charge in [-0.25, -0.2) is 4.68 Å². The molecule has 3 unspecified atom stereocenters. The highest BCUT2D eigenvalue weighted by molar-refractivity contribution is 5.76. The molecule has 0 saturated heterocycles. The molecular weight excluding hydrogens is 316 g/mol. The fraction of sp³-hybridized carbons (Fsp3) is 0.474. The Bertz CT molecular complexity index is 873. The lowest BCUT2D eigenvalue weighted by molar-refractivity contribution is -0.121. The summed E-state index contributed by atoms with van der Waals surface area (Å²) in [6, 6.07) is 7.16. The molecule has 0 spiro atoms. The molecule has 0 radical (unpaired) electrons. The largest absolute Gasteiger partial charge is 0.356 e. The Morgan fingerprint density at radius 2 is 2.12 bits per heavy atom. The molecule has 1 saturated carbocycles. The third kappa shape index (κ3) is 3.34. The van der Waals surface area contributed by atoms with Crippen LogP contribution in [0.1, 0.15) is 25.7 Å². The van der Waals surface area contributed by atoms with Gasteiger partial charge < -0.3 is 5.32 Å². The molecule has 2 aliphatic carbocycles. The molecule has 1 aromatic carbocycles. The lowest BCUT2D eigenvalue weighted by Crippen LogP contribution is -2.31. The molecule has 1 N–H and O–H groups in total. The van der Waals surface area contributed by atoms with Gasteiger partial charge in [0, 0.05) is 19.5 Å². The fourth-order valence-corrected chi connectivity index (χ4v) is 4.02. The smallest absolute Gasteiger partial charge is 0.277 e. The minimum Gasteiger partial charge on any atom is -0.356 e. The minimum absolute atomic E-state index is 0.0496. The molecule has 2 bridgehead atoms. The normalized spacial score (nSPS) is 24.1. The highest BCUT2D eigenvalue weighted by Crippen LogP contribution is 2.42. The van der Waals surface area contributed by atoms with E-state index in [1.165, 1.54) is 17.5 Å². The van der Waals surface area contributed by atoms with E-state index in [0.29, 0.717) is 42.1 Å². The molecule has 4 rings (SSSR count). The number of hydrogen-bond donors (Lipinski definition) is 1. The Morgan fingerprint density at radius 3 is 2.92 bits per heavy atom. The van der Waals surface area contributed by atoms with Gasteiger partial charge in [-0.3, -0.25) is 9.59 Å². The van der Waals surface area contributed by atoms with Crippen LogP contribution in [0.4, 0.5) is 0 Å². The van der Waals surface area contributed by atoms with Crippen LogP contribution in [-0.4, -0.2) is 27.4 Å². The first kappa shape index (κ1) is 16.0. The summed E-state index contributed by atoms with van der Waals surface area (Å²) in [5.74, 6) is 2.02. The fourth-order valence-electron chi connectivity index (χ4n) is 4.02. The van der Waals surface area contributed by atoms with Gasteiger partial charge in [-0.2, -0.15) is 0 Å². The van der Waals surface area contributed by atoms with Crippen molar-refractivity contribution in [3.63, 3.8) is 0 Å². The van der Waals surface area contributed by atoms with E-state index in [1.807, 2.05) is 12.1 Å². The van der Waals surface area contributed by atoms with Crippen molar-refractivity contribution in [1.82, 2.24) is 20.3 Å². The quantitative estimate of drug-likeness (QED) is 0.816. The van der Waals surface area contributed by atoms with Crippen LogP contribution in [-0.2, 0) is 11.3 Å². The number of nitrogens with one attached hydrogen (secondary N) is 1. The third-order valence-corrected chi connectivity index (χ3v) is 5.38. The van der Waals surface area contributed by atoms with Crippen molar-refractivity contribution in [3.05, 3.63) is 46.8 Å². The van der Waals surface area contributed by atoms with Crippen molar-refractivity contribution in [2.24, 2.45) is 17.8 Å². The number of hydrogen-bond acceptors (Lipinski definition) is 4. The molecule has 1 fully saturated rings. The van der Waals surface area contributed by atoms with Gasteiger partial charge in [0.1, 0.15) is 5.52 Å². The Kier molecular flexibility index (Phi) is 4.34. The van der Waals surface area contributed by atoms with Crippen molar-refractivity contribution in [1.29, 1.82) is 0 Å². The molecule has 3 atom stereocenters. The number of allylic oxidation sites excluding steroid dienone is 2. The van der Waals surface area contributed by atoms with E-state index in [4.69, 9.17) is 0 Å². The Balaban J connectivity index is 1.26. The summed E-state index contributed by atoms with van der Waals surface area (Å²) in [6.45, 7) is 1.17. The molecule has 25 heavy (non-hydrogen) atoms. The van der Waals surface area contributed by atoms with Gasteiger partial charge in [0.15, 0.2) is 0 Å². The Morgan fingerprint density at radius 1 is 1.24 bits per heavy atom. The number of nitrogens with zero attached hydrogens (tertiary/aromatic N) is 3. The van der Waals surface area contributed by atoms with E-state index < -0.39 is 0 Å². The topological polar surface area (TPSA) is 76.9 Å².